The summed E-state index contributed by atoms with van der Waals surface area (Å²) in [5, 5.41) is 3.33. The van der Waals surface area contributed by atoms with Crippen molar-refractivity contribution in [2.75, 3.05) is 12.4 Å². The van der Waals surface area contributed by atoms with Crippen LogP contribution < -0.4 is 5.32 Å². The number of carbonyl (C=O) groups excluding carboxylic acids is 1. The van der Waals surface area contributed by atoms with Gasteiger partial charge in [0.25, 0.3) is 0 Å². The lowest BCUT2D eigenvalue weighted by Gasteiger charge is -2.10. The van der Waals surface area contributed by atoms with Crippen molar-refractivity contribution in [2.45, 2.75) is 25.8 Å². The highest BCUT2D eigenvalue weighted by Gasteiger charge is 2.23. The minimum atomic E-state index is -0.276. The molecule has 3 nitrogen and oxygen atoms in total. The average molecular weight is 205 g/mol. The van der Waals surface area contributed by atoms with Crippen molar-refractivity contribution in [2.24, 2.45) is 0 Å². The van der Waals surface area contributed by atoms with E-state index < -0.39 is 0 Å². The summed E-state index contributed by atoms with van der Waals surface area (Å²) in [5.74, 6) is -0.276. The molecule has 3 heteroatoms. The van der Waals surface area contributed by atoms with Gasteiger partial charge in [-0.3, -0.25) is 0 Å². The van der Waals surface area contributed by atoms with Crippen molar-refractivity contribution in [3.8, 4) is 0 Å². The number of benzene rings is 1. The molecule has 0 bridgehead atoms. The molecule has 80 valence electrons. The van der Waals surface area contributed by atoms with E-state index >= 15 is 0 Å². The van der Waals surface area contributed by atoms with E-state index in [0.717, 1.165) is 11.3 Å². The number of carbonyl (C=O) groups is 1. The predicted molar refractivity (Wildman–Crippen MR) is 59.2 cm³/mol. The highest BCUT2D eigenvalue weighted by Crippen LogP contribution is 2.27. The van der Waals surface area contributed by atoms with E-state index in [1.54, 1.807) is 0 Å². The van der Waals surface area contributed by atoms with Crippen LogP contribution in [0.4, 0.5) is 5.69 Å². The Morgan fingerprint density at radius 1 is 1.47 bits per heavy atom. The van der Waals surface area contributed by atoms with E-state index in [9.17, 15) is 4.79 Å². The van der Waals surface area contributed by atoms with Crippen LogP contribution in [0.2, 0.25) is 0 Å². The van der Waals surface area contributed by atoms with E-state index in [2.05, 4.69) is 5.32 Å². The lowest BCUT2D eigenvalue weighted by molar-refractivity contribution is 0.0601. The third-order valence-electron chi connectivity index (χ3n) is 2.52. The molecule has 0 spiro atoms. The Morgan fingerprint density at radius 3 is 2.80 bits per heavy atom. The molecule has 1 aliphatic carbocycles. The number of rotatable bonds is 3. The number of ether oxygens (including phenoxy) is 1. The summed E-state index contributed by atoms with van der Waals surface area (Å²) in [6, 6.07) is 6.34. The van der Waals surface area contributed by atoms with Gasteiger partial charge in [-0.25, -0.2) is 4.79 Å². The molecular formula is C12H15NO2. The number of esters is 1. The van der Waals surface area contributed by atoms with Crippen LogP contribution in [0.3, 0.4) is 0 Å². The van der Waals surface area contributed by atoms with Gasteiger partial charge in [-0.15, -0.1) is 0 Å². The van der Waals surface area contributed by atoms with Crippen molar-refractivity contribution >= 4 is 11.7 Å². The average Bonchev–Trinajstić information content (AvgIpc) is 3.03. The van der Waals surface area contributed by atoms with E-state index in [1.807, 2.05) is 25.1 Å². The van der Waals surface area contributed by atoms with Crippen LogP contribution in [-0.4, -0.2) is 19.1 Å². The minimum Gasteiger partial charge on any atom is -0.465 e. The molecule has 15 heavy (non-hydrogen) atoms. The zero-order valence-corrected chi connectivity index (χ0v) is 9.04. The summed E-state index contributed by atoms with van der Waals surface area (Å²) < 4.78 is 4.75. The third-order valence-corrected chi connectivity index (χ3v) is 2.52. The van der Waals surface area contributed by atoms with Gasteiger partial charge in [-0.05, 0) is 31.9 Å². The van der Waals surface area contributed by atoms with Crippen LogP contribution >= 0.6 is 0 Å². The molecular weight excluding hydrogens is 190 g/mol. The molecule has 1 aromatic rings. The number of hydrogen-bond acceptors (Lipinski definition) is 3. The number of methoxy groups -OCH3 is 1. The van der Waals surface area contributed by atoms with Gasteiger partial charge in [-0.2, -0.15) is 0 Å². The number of hydrogen-bond donors (Lipinski definition) is 1. The maximum Gasteiger partial charge on any atom is 0.339 e. The van der Waals surface area contributed by atoms with Crippen LogP contribution in [0, 0.1) is 6.92 Å². The molecule has 1 fully saturated rings. The van der Waals surface area contributed by atoms with Crippen molar-refractivity contribution < 1.29 is 9.53 Å². The molecule has 1 N–H and O–H groups in total. The van der Waals surface area contributed by atoms with Crippen LogP contribution in [0.1, 0.15) is 28.8 Å². The molecule has 0 amide bonds. The zero-order chi connectivity index (χ0) is 10.8. The van der Waals surface area contributed by atoms with Gasteiger partial charge < -0.3 is 10.1 Å². The molecule has 1 aliphatic rings. The second-order valence-electron chi connectivity index (χ2n) is 3.96. The van der Waals surface area contributed by atoms with Crippen LogP contribution in [0.5, 0.6) is 0 Å². The van der Waals surface area contributed by atoms with E-state index in [1.165, 1.54) is 20.0 Å². The molecule has 0 heterocycles. The van der Waals surface area contributed by atoms with Crippen molar-refractivity contribution in [1.82, 2.24) is 0 Å². The van der Waals surface area contributed by atoms with E-state index in [-0.39, 0.29) is 5.97 Å². The smallest absolute Gasteiger partial charge is 0.339 e. The number of aryl methyl sites for hydroxylation is 1. The largest absolute Gasteiger partial charge is 0.465 e. The highest BCUT2D eigenvalue weighted by molar-refractivity contribution is 5.95. The van der Waals surface area contributed by atoms with Gasteiger partial charge in [0.2, 0.25) is 0 Å². The lowest BCUT2D eigenvalue weighted by Crippen LogP contribution is -2.09. The monoisotopic (exact) mass is 205 g/mol. The summed E-state index contributed by atoms with van der Waals surface area (Å²) in [5.41, 5.74) is 2.58. The molecule has 0 aliphatic heterocycles. The van der Waals surface area contributed by atoms with E-state index in [4.69, 9.17) is 4.74 Å². The molecule has 0 radical (unpaired) electrons. The van der Waals surface area contributed by atoms with E-state index in [0.29, 0.717) is 11.6 Å². The van der Waals surface area contributed by atoms with Crippen molar-refractivity contribution in [3.63, 3.8) is 0 Å². The molecule has 0 atom stereocenters. The standard InChI is InChI=1S/C12H15NO2/c1-8-3-6-11(13-9-4-5-9)10(7-8)12(14)15-2/h3,6-7,9,13H,4-5H2,1-2H3. The Balaban J connectivity index is 2.29. The quantitative estimate of drug-likeness (QED) is 0.770. The highest BCUT2D eigenvalue weighted by atomic mass is 16.5. The van der Waals surface area contributed by atoms with Gasteiger partial charge >= 0.3 is 5.97 Å². The Kier molecular flexibility index (Phi) is 2.62. The molecule has 0 unspecified atom stereocenters. The van der Waals surface area contributed by atoms with Crippen LogP contribution in [-0.2, 0) is 4.74 Å². The fraction of sp³-hybridized carbons (Fsp3) is 0.417. The normalized spacial score (nSPS) is 14.8. The molecule has 0 saturated heterocycles. The van der Waals surface area contributed by atoms with Gasteiger partial charge in [0.05, 0.1) is 12.7 Å². The topological polar surface area (TPSA) is 38.3 Å². The summed E-state index contributed by atoms with van der Waals surface area (Å²) in [6.45, 7) is 1.97. The van der Waals surface area contributed by atoms with Gasteiger partial charge in [0.15, 0.2) is 0 Å². The van der Waals surface area contributed by atoms with Gasteiger partial charge in [0.1, 0.15) is 0 Å². The lowest BCUT2D eigenvalue weighted by atomic mass is 10.1. The fourth-order valence-corrected chi connectivity index (χ4v) is 1.51. The summed E-state index contributed by atoms with van der Waals surface area (Å²) in [6.07, 6.45) is 2.38. The summed E-state index contributed by atoms with van der Waals surface area (Å²) in [7, 11) is 1.41. The molecule has 1 aromatic carbocycles. The zero-order valence-electron chi connectivity index (χ0n) is 9.04. The second kappa shape index (κ2) is 3.93. The van der Waals surface area contributed by atoms with Gasteiger partial charge in [0, 0.05) is 11.7 Å². The number of nitrogens with one attached hydrogen (secondary N) is 1. The third kappa shape index (κ3) is 2.29. The number of anilines is 1. The van der Waals surface area contributed by atoms with Gasteiger partial charge in [-0.1, -0.05) is 11.6 Å². The second-order valence-corrected chi connectivity index (χ2v) is 3.96. The first-order chi connectivity index (χ1) is 7.20. The predicted octanol–water partition coefficient (Wildman–Crippen LogP) is 2.36. The fourth-order valence-electron chi connectivity index (χ4n) is 1.51. The summed E-state index contributed by atoms with van der Waals surface area (Å²) in [4.78, 5) is 11.5. The SMILES string of the molecule is COC(=O)c1cc(C)ccc1NC1CC1. The maximum atomic E-state index is 11.5. The minimum absolute atomic E-state index is 0.276. The summed E-state index contributed by atoms with van der Waals surface area (Å²) >= 11 is 0. The Morgan fingerprint density at radius 2 is 2.20 bits per heavy atom. The first-order valence-electron chi connectivity index (χ1n) is 5.16. The Hall–Kier alpha value is -1.51. The molecule has 0 aromatic heterocycles. The van der Waals surface area contributed by atoms with Crippen LogP contribution in [0.15, 0.2) is 18.2 Å². The Bertz CT molecular complexity index is 383. The van der Waals surface area contributed by atoms with Crippen LogP contribution in [0.25, 0.3) is 0 Å². The molecule has 1 saturated carbocycles. The first-order valence-corrected chi connectivity index (χ1v) is 5.16. The molecule has 2 rings (SSSR count). The van der Waals surface area contributed by atoms with Crippen molar-refractivity contribution in [1.29, 1.82) is 0 Å². The first kappa shape index (κ1) is 10.0. The van der Waals surface area contributed by atoms with Crippen molar-refractivity contribution in [3.05, 3.63) is 29.3 Å². The maximum absolute atomic E-state index is 11.5. The Labute approximate surface area is 89.4 Å².